The van der Waals surface area contributed by atoms with Crippen molar-refractivity contribution in [2.24, 2.45) is 0 Å². The summed E-state index contributed by atoms with van der Waals surface area (Å²) in [6.45, 7) is 4.04. The van der Waals surface area contributed by atoms with Gasteiger partial charge in [-0.2, -0.15) is 0 Å². The van der Waals surface area contributed by atoms with E-state index >= 15 is 0 Å². The lowest BCUT2D eigenvalue weighted by Crippen LogP contribution is -2.44. The van der Waals surface area contributed by atoms with Crippen molar-refractivity contribution in [1.29, 1.82) is 0 Å². The topological polar surface area (TPSA) is 38.7 Å². The zero-order valence-electron chi connectivity index (χ0n) is 11.3. The molecule has 2 atom stereocenters. The first-order valence-electron chi connectivity index (χ1n) is 6.51. The molecule has 0 aliphatic carbocycles. The third-order valence-corrected chi connectivity index (χ3v) is 3.47. The maximum Gasteiger partial charge on any atom is 0.119 e. The molecule has 3 heteroatoms. The SMILES string of the molecule is COc1cccc(CC2(O)CC(C)OC(C)C2)c1. The van der Waals surface area contributed by atoms with Gasteiger partial charge in [0.05, 0.1) is 24.9 Å². The third kappa shape index (κ3) is 3.24. The summed E-state index contributed by atoms with van der Waals surface area (Å²) in [5.41, 5.74) is 0.446. The normalized spacial score (nSPS) is 32.2. The molecule has 1 N–H and O–H groups in total. The smallest absolute Gasteiger partial charge is 0.119 e. The van der Waals surface area contributed by atoms with Crippen molar-refractivity contribution in [1.82, 2.24) is 0 Å². The second kappa shape index (κ2) is 5.29. The first kappa shape index (κ1) is 13.4. The zero-order valence-corrected chi connectivity index (χ0v) is 11.3. The number of methoxy groups -OCH3 is 1. The lowest BCUT2D eigenvalue weighted by Gasteiger charge is -2.39. The van der Waals surface area contributed by atoms with Crippen molar-refractivity contribution in [3.05, 3.63) is 29.8 Å². The summed E-state index contributed by atoms with van der Waals surface area (Å²) in [7, 11) is 1.66. The molecule has 100 valence electrons. The molecule has 1 fully saturated rings. The summed E-state index contributed by atoms with van der Waals surface area (Å²) in [6.07, 6.45) is 2.26. The van der Waals surface area contributed by atoms with Crippen LogP contribution >= 0.6 is 0 Å². The summed E-state index contributed by atoms with van der Waals surface area (Å²) in [5.74, 6) is 0.837. The molecule has 1 aliphatic rings. The number of aliphatic hydroxyl groups is 1. The van der Waals surface area contributed by atoms with E-state index in [1.165, 1.54) is 0 Å². The van der Waals surface area contributed by atoms with Gasteiger partial charge >= 0.3 is 0 Å². The lowest BCUT2D eigenvalue weighted by atomic mass is 9.82. The summed E-state index contributed by atoms with van der Waals surface area (Å²) >= 11 is 0. The van der Waals surface area contributed by atoms with Crippen LogP contribution in [0.3, 0.4) is 0 Å². The first-order valence-corrected chi connectivity index (χ1v) is 6.51. The fourth-order valence-electron chi connectivity index (χ4n) is 2.95. The minimum atomic E-state index is -0.663. The van der Waals surface area contributed by atoms with Crippen molar-refractivity contribution >= 4 is 0 Å². The Morgan fingerprint density at radius 2 is 2.00 bits per heavy atom. The van der Waals surface area contributed by atoms with E-state index in [0.717, 1.165) is 11.3 Å². The largest absolute Gasteiger partial charge is 0.497 e. The average Bonchev–Trinajstić information content (AvgIpc) is 2.26. The molecule has 0 spiro atoms. The highest BCUT2D eigenvalue weighted by Crippen LogP contribution is 2.32. The number of hydrogen-bond donors (Lipinski definition) is 1. The van der Waals surface area contributed by atoms with E-state index in [1.54, 1.807) is 7.11 Å². The van der Waals surface area contributed by atoms with E-state index in [4.69, 9.17) is 9.47 Å². The van der Waals surface area contributed by atoms with Gasteiger partial charge in [-0.15, -0.1) is 0 Å². The number of hydrogen-bond acceptors (Lipinski definition) is 3. The van der Waals surface area contributed by atoms with E-state index in [1.807, 2.05) is 38.1 Å². The van der Waals surface area contributed by atoms with Gasteiger partial charge in [0.25, 0.3) is 0 Å². The molecule has 0 saturated carbocycles. The highest BCUT2D eigenvalue weighted by Gasteiger charge is 2.36. The number of rotatable bonds is 3. The minimum Gasteiger partial charge on any atom is -0.497 e. The number of ether oxygens (including phenoxy) is 2. The summed E-state index contributed by atoms with van der Waals surface area (Å²) in [6, 6.07) is 7.90. The summed E-state index contributed by atoms with van der Waals surface area (Å²) in [5, 5.41) is 10.7. The van der Waals surface area contributed by atoms with Crippen molar-refractivity contribution < 1.29 is 14.6 Å². The van der Waals surface area contributed by atoms with Gasteiger partial charge in [0.2, 0.25) is 0 Å². The van der Waals surface area contributed by atoms with Crippen LogP contribution in [-0.2, 0) is 11.2 Å². The Labute approximate surface area is 109 Å². The molecule has 2 rings (SSSR count). The van der Waals surface area contributed by atoms with Gasteiger partial charge in [0.1, 0.15) is 5.75 Å². The summed E-state index contributed by atoms with van der Waals surface area (Å²) in [4.78, 5) is 0. The second-order valence-electron chi connectivity index (χ2n) is 5.42. The Morgan fingerprint density at radius 1 is 1.33 bits per heavy atom. The van der Waals surface area contributed by atoms with Crippen molar-refractivity contribution in [2.45, 2.75) is 50.9 Å². The fourth-order valence-corrected chi connectivity index (χ4v) is 2.95. The van der Waals surface area contributed by atoms with E-state index in [2.05, 4.69) is 0 Å². The van der Waals surface area contributed by atoms with Crippen LogP contribution in [0.25, 0.3) is 0 Å². The molecule has 1 saturated heterocycles. The van der Waals surface area contributed by atoms with Crippen molar-refractivity contribution in [2.75, 3.05) is 7.11 Å². The Hall–Kier alpha value is -1.06. The molecule has 1 aromatic rings. The van der Waals surface area contributed by atoms with Crippen LogP contribution in [0.1, 0.15) is 32.3 Å². The number of benzene rings is 1. The van der Waals surface area contributed by atoms with Gasteiger partial charge in [-0.3, -0.25) is 0 Å². The van der Waals surface area contributed by atoms with E-state index < -0.39 is 5.60 Å². The Morgan fingerprint density at radius 3 is 2.61 bits per heavy atom. The molecule has 1 aromatic carbocycles. The highest BCUT2D eigenvalue weighted by molar-refractivity contribution is 5.29. The molecular weight excluding hydrogens is 228 g/mol. The van der Waals surface area contributed by atoms with Gasteiger partial charge in [-0.25, -0.2) is 0 Å². The quantitative estimate of drug-likeness (QED) is 0.896. The fraction of sp³-hybridized carbons (Fsp3) is 0.600. The van der Waals surface area contributed by atoms with Gasteiger partial charge in [-0.1, -0.05) is 12.1 Å². The van der Waals surface area contributed by atoms with Crippen LogP contribution in [0.2, 0.25) is 0 Å². The Kier molecular flexibility index (Phi) is 3.93. The summed E-state index contributed by atoms with van der Waals surface area (Å²) < 4.78 is 10.9. The molecule has 18 heavy (non-hydrogen) atoms. The van der Waals surface area contributed by atoms with Crippen LogP contribution in [0.4, 0.5) is 0 Å². The highest BCUT2D eigenvalue weighted by atomic mass is 16.5. The van der Waals surface area contributed by atoms with E-state index in [9.17, 15) is 5.11 Å². The standard InChI is InChI=1S/C15H22O3/c1-11-8-15(16,9-12(2)18-11)10-13-5-4-6-14(7-13)17-3/h4-7,11-12,16H,8-10H2,1-3H3. The zero-order chi connectivity index (χ0) is 13.2. The maximum absolute atomic E-state index is 10.7. The van der Waals surface area contributed by atoms with Crippen molar-refractivity contribution in [3.8, 4) is 5.75 Å². The first-order chi connectivity index (χ1) is 8.50. The van der Waals surface area contributed by atoms with Gasteiger partial charge < -0.3 is 14.6 Å². The van der Waals surface area contributed by atoms with E-state index in [-0.39, 0.29) is 12.2 Å². The van der Waals surface area contributed by atoms with Gasteiger partial charge in [0.15, 0.2) is 0 Å². The molecule has 2 unspecified atom stereocenters. The van der Waals surface area contributed by atoms with Gasteiger partial charge in [-0.05, 0) is 31.5 Å². The monoisotopic (exact) mass is 250 g/mol. The van der Waals surface area contributed by atoms with Gasteiger partial charge in [0, 0.05) is 19.3 Å². The minimum absolute atomic E-state index is 0.115. The van der Waals surface area contributed by atoms with Crippen LogP contribution in [0.15, 0.2) is 24.3 Å². The average molecular weight is 250 g/mol. The molecule has 0 amide bonds. The third-order valence-electron chi connectivity index (χ3n) is 3.47. The van der Waals surface area contributed by atoms with Crippen LogP contribution in [-0.4, -0.2) is 30.0 Å². The Balaban J connectivity index is 2.11. The Bertz CT molecular complexity index is 392. The molecule has 0 bridgehead atoms. The predicted molar refractivity (Wildman–Crippen MR) is 70.9 cm³/mol. The molecule has 0 radical (unpaired) electrons. The maximum atomic E-state index is 10.7. The second-order valence-corrected chi connectivity index (χ2v) is 5.42. The van der Waals surface area contributed by atoms with Crippen LogP contribution in [0, 0.1) is 0 Å². The lowest BCUT2D eigenvalue weighted by molar-refractivity contribution is -0.130. The molecule has 3 nitrogen and oxygen atoms in total. The van der Waals surface area contributed by atoms with Crippen molar-refractivity contribution in [3.63, 3.8) is 0 Å². The molecule has 0 aromatic heterocycles. The predicted octanol–water partition coefficient (Wildman–Crippen LogP) is 2.56. The molecule has 1 heterocycles. The van der Waals surface area contributed by atoms with Crippen LogP contribution < -0.4 is 4.74 Å². The molecular formula is C15H22O3. The van der Waals surface area contributed by atoms with E-state index in [0.29, 0.717) is 19.3 Å². The van der Waals surface area contributed by atoms with Crippen LogP contribution in [0.5, 0.6) is 5.75 Å². The molecule has 1 aliphatic heterocycles.